The van der Waals surface area contributed by atoms with E-state index >= 15 is 0 Å². The molecule has 0 bridgehead atoms. The van der Waals surface area contributed by atoms with Gasteiger partial charge in [0.1, 0.15) is 23.1 Å². The summed E-state index contributed by atoms with van der Waals surface area (Å²) in [6, 6.07) is 11.0. The van der Waals surface area contributed by atoms with Crippen molar-refractivity contribution in [3.63, 3.8) is 0 Å². The largest absolute Gasteiger partial charge is 0.508 e. The SMILES string of the molecule is CC(C)C(=O)CCc1ccc2c(c1)CN(C)CC(=O)C[C@H](PCC(=O)CN(C)Cc1cc(CCC(=O)O)ccc1O)O2. The van der Waals surface area contributed by atoms with Gasteiger partial charge in [-0.05, 0) is 50.2 Å². The first-order valence-electron chi connectivity index (χ1n) is 14.4. The molecular formula is C32H43N2O7P. The minimum absolute atomic E-state index is 0.00639. The Bertz CT molecular complexity index is 1280. The van der Waals surface area contributed by atoms with E-state index in [1.807, 2.05) is 42.8 Å². The fraction of sp³-hybridized carbons (Fsp3) is 0.500. The van der Waals surface area contributed by atoms with Crippen LogP contribution in [0, 0.1) is 5.92 Å². The van der Waals surface area contributed by atoms with E-state index < -0.39 is 11.8 Å². The van der Waals surface area contributed by atoms with Crippen molar-refractivity contribution in [3.8, 4) is 11.5 Å². The molecule has 0 spiro atoms. The van der Waals surface area contributed by atoms with E-state index in [1.165, 1.54) is 0 Å². The molecule has 42 heavy (non-hydrogen) atoms. The van der Waals surface area contributed by atoms with Crippen molar-refractivity contribution >= 4 is 31.9 Å². The number of carbonyl (C=O) groups is 4. The van der Waals surface area contributed by atoms with Gasteiger partial charge in [0.15, 0.2) is 11.6 Å². The Morgan fingerprint density at radius 3 is 2.48 bits per heavy atom. The normalized spacial score (nSPS) is 16.2. The number of aromatic hydroxyl groups is 1. The van der Waals surface area contributed by atoms with Crippen LogP contribution in [0.5, 0.6) is 11.5 Å². The first-order chi connectivity index (χ1) is 19.9. The third-order valence-corrected chi connectivity index (χ3v) is 8.56. The molecule has 2 N–H and O–H groups in total. The van der Waals surface area contributed by atoms with Gasteiger partial charge in [-0.25, -0.2) is 0 Å². The number of nitrogens with zero attached hydrogens (tertiary/aromatic N) is 2. The van der Waals surface area contributed by atoms with Crippen LogP contribution in [0.15, 0.2) is 36.4 Å². The van der Waals surface area contributed by atoms with E-state index in [0.29, 0.717) is 50.2 Å². The molecule has 1 aliphatic rings. The average molecular weight is 599 g/mol. The number of Topliss-reactive ketones (excluding diaryl/α,β-unsaturated/α-hetero) is 3. The lowest BCUT2D eigenvalue weighted by atomic mass is 9.99. The summed E-state index contributed by atoms with van der Waals surface area (Å²) in [5.74, 6) is -0.160. The molecule has 1 unspecified atom stereocenters. The van der Waals surface area contributed by atoms with Gasteiger partial charge in [0.2, 0.25) is 0 Å². The predicted molar refractivity (Wildman–Crippen MR) is 164 cm³/mol. The van der Waals surface area contributed by atoms with Crippen molar-refractivity contribution in [3.05, 3.63) is 58.7 Å². The van der Waals surface area contributed by atoms with Crippen LogP contribution in [0.1, 0.15) is 55.4 Å². The van der Waals surface area contributed by atoms with Crippen molar-refractivity contribution in [2.75, 3.05) is 33.3 Å². The topological polar surface area (TPSA) is 124 Å². The molecule has 0 amide bonds. The average Bonchev–Trinajstić information content (AvgIpc) is 2.96. The molecule has 1 aliphatic heterocycles. The highest BCUT2D eigenvalue weighted by molar-refractivity contribution is 7.40. The lowest BCUT2D eigenvalue weighted by molar-refractivity contribution is -0.137. The van der Waals surface area contributed by atoms with Gasteiger partial charge in [-0.2, -0.15) is 0 Å². The number of aliphatic carboxylic acids is 1. The summed E-state index contributed by atoms with van der Waals surface area (Å²) in [4.78, 5) is 52.4. The molecular weight excluding hydrogens is 555 g/mol. The highest BCUT2D eigenvalue weighted by Gasteiger charge is 2.23. The molecule has 10 heteroatoms. The predicted octanol–water partition coefficient (Wildman–Crippen LogP) is 4.06. The number of hydrogen-bond donors (Lipinski definition) is 2. The summed E-state index contributed by atoms with van der Waals surface area (Å²) in [7, 11) is 3.80. The van der Waals surface area contributed by atoms with Crippen LogP contribution in [0.3, 0.4) is 0 Å². The fourth-order valence-electron chi connectivity index (χ4n) is 4.91. The van der Waals surface area contributed by atoms with Crippen LogP contribution in [0.25, 0.3) is 0 Å². The Kier molecular flexibility index (Phi) is 12.6. The number of fused-ring (bicyclic) bond motifs is 1. The molecule has 9 nitrogen and oxygen atoms in total. The molecule has 1 heterocycles. The molecule has 0 saturated heterocycles. The second-order valence-electron chi connectivity index (χ2n) is 11.5. The van der Waals surface area contributed by atoms with Gasteiger partial charge >= 0.3 is 5.97 Å². The highest BCUT2D eigenvalue weighted by atomic mass is 31.1. The lowest BCUT2D eigenvalue weighted by Crippen LogP contribution is -2.28. The van der Waals surface area contributed by atoms with Crippen LogP contribution in [0.2, 0.25) is 0 Å². The standard InChI is InChI=1S/C32H43N2O7P/c1-21(2)28(37)9-5-22-7-11-30-25(14-22)17-34(4)18-26(35)15-32(41-30)42-20-27(36)19-33(3)16-24-13-23(6-10-29(24)38)8-12-31(39)40/h6-7,10-11,13-14,21,32,38,42H,5,8-9,12,15-20H2,1-4H3,(H,39,40)/t32-/m0/s1. The third-order valence-electron chi connectivity index (χ3n) is 7.18. The van der Waals surface area contributed by atoms with Crippen LogP contribution in [-0.4, -0.2) is 82.5 Å². The number of phenolic OH excluding ortho intramolecular Hbond substituents is 1. The van der Waals surface area contributed by atoms with Crippen molar-refractivity contribution in [1.82, 2.24) is 9.80 Å². The Morgan fingerprint density at radius 2 is 1.76 bits per heavy atom. The van der Waals surface area contributed by atoms with Gasteiger partial charge in [-0.15, -0.1) is 0 Å². The number of ketones is 3. The number of ether oxygens (including phenoxy) is 1. The molecule has 0 aliphatic carbocycles. The zero-order chi connectivity index (χ0) is 30.8. The van der Waals surface area contributed by atoms with Crippen LogP contribution in [-0.2, 0) is 45.1 Å². The fourth-order valence-corrected chi connectivity index (χ4v) is 6.06. The summed E-state index contributed by atoms with van der Waals surface area (Å²) < 4.78 is 6.33. The number of rotatable bonds is 14. The number of carboxylic acids is 1. The maximum Gasteiger partial charge on any atom is 0.303 e. The highest BCUT2D eigenvalue weighted by Crippen LogP contribution is 2.32. The summed E-state index contributed by atoms with van der Waals surface area (Å²) in [6.45, 7) is 5.18. The number of carboxylic acid groups (broad SMARTS) is 1. The number of aryl methyl sites for hydroxylation is 2. The third kappa shape index (κ3) is 10.9. The molecule has 3 rings (SSSR count). The van der Waals surface area contributed by atoms with Gasteiger partial charge in [-0.1, -0.05) is 46.7 Å². The Labute approximate surface area is 250 Å². The molecule has 2 aromatic rings. The van der Waals surface area contributed by atoms with Gasteiger partial charge in [0.05, 0.1) is 13.1 Å². The molecule has 0 radical (unpaired) electrons. The number of carbonyl (C=O) groups excluding carboxylic acids is 3. The maximum atomic E-state index is 12.9. The monoisotopic (exact) mass is 598 g/mol. The number of likely N-dealkylation sites (N-methyl/N-ethyl adjacent to an activating group) is 2. The van der Waals surface area contributed by atoms with Gasteiger partial charge < -0.3 is 14.9 Å². The number of hydrogen-bond acceptors (Lipinski definition) is 8. The van der Waals surface area contributed by atoms with Crippen molar-refractivity contribution in [2.45, 2.75) is 64.9 Å². The first kappa shape index (κ1) is 33.4. The van der Waals surface area contributed by atoms with E-state index in [0.717, 1.165) is 16.7 Å². The molecule has 0 fully saturated rings. The van der Waals surface area contributed by atoms with Crippen molar-refractivity contribution in [2.24, 2.45) is 5.92 Å². The minimum atomic E-state index is -0.881. The van der Waals surface area contributed by atoms with Gasteiger partial charge in [0, 0.05) is 55.6 Å². The zero-order valence-electron chi connectivity index (χ0n) is 25.0. The van der Waals surface area contributed by atoms with E-state index in [9.17, 15) is 24.3 Å². The van der Waals surface area contributed by atoms with Gasteiger partial charge in [0.25, 0.3) is 0 Å². The Balaban J connectivity index is 1.60. The van der Waals surface area contributed by atoms with Gasteiger partial charge in [-0.3, -0.25) is 29.0 Å². The van der Waals surface area contributed by atoms with E-state index in [2.05, 4.69) is 6.07 Å². The minimum Gasteiger partial charge on any atom is -0.508 e. The van der Waals surface area contributed by atoms with Crippen molar-refractivity contribution < 1.29 is 34.1 Å². The summed E-state index contributed by atoms with van der Waals surface area (Å²) in [6.07, 6.45) is 2.02. The van der Waals surface area contributed by atoms with Crippen LogP contribution >= 0.6 is 8.58 Å². The number of benzene rings is 2. The first-order valence-corrected chi connectivity index (χ1v) is 15.7. The Morgan fingerprint density at radius 1 is 1.07 bits per heavy atom. The van der Waals surface area contributed by atoms with E-state index in [4.69, 9.17) is 9.84 Å². The maximum absolute atomic E-state index is 12.9. The molecule has 2 atom stereocenters. The van der Waals surface area contributed by atoms with E-state index in [-0.39, 0.29) is 63.1 Å². The number of phenols is 1. The second-order valence-corrected chi connectivity index (χ2v) is 12.9. The summed E-state index contributed by atoms with van der Waals surface area (Å²) in [5.41, 5.74) is 3.47. The zero-order valence-corrected chi connectivity index (χ0v) is 26.0. The summed E-state index contributed by atoms with van der Waals surface area (Å²) >= 11 is 0. The van der Waals surface area contributed by atoms with Crippen molar-refractivity contribution in [1.29, 1.82) is 0 Å². The second kappa shape index (κ2) is 15.9. The quantitative estimate of drug-likeness (QED) is 0.310. The molecule has 0 aromatic heterocycles. The van der Waals surface area contributed by atoms with E-state index in [1.54, 1.807) is 25.2 Å². The molecule has 228 valence electrons. The molecule has 0 saturated carbocycles. The van der Waals surface area contributed by atoms with Crippen LogP contribution < -0.4 is 4.74 Å². The lowest BCUT2D eigenvalue weighted by Gasteiger charge is -2.21. The van der Waals surface area contributed by atoms with Crippen LogP contribution in [0.4, 0.5) is 0 Å². The smallest absolute Gasteiger partial charge is 0.303 e. The Hall–Kier alpha value is -3.13. The molecule has 2 aromatic carbocycles. The summed E-state index contributed by atoms with van der Waals surface area (Å²) in [5, 5.41) is 19.2.